The van der Waals surface area contributed by atoms with Gasteiger partial charge in [0.1, 0.15) is 17.5 Å². The third kappa shape index (κ3) is 3.80. The van der Waals surface area contributed by atoms with E-state index in [0.29, 0.717) is 17.9 Å². The summed E-state index contributed by atoms with van der Waals surface area (Å²) in [5.41, 5.74) is 0. The second-order valence-corrected chi connectivity index (χ2v) is 7.46. The Kier molecular flexibility index (Phi) is 4.49. The van der Waals surface area contributed by atoms with E-state index in [1.54, 1.807) is 0 Å². The molecule has 0 radical (unpaired) electrons. The molecule has 3 fully saturated rings. The van der Waals surface area contributed by atoms with Crippen molar-refractivity contribution >= 4 is 17.6 Å². The maximum Gasteiger partial charge on any atom is 0.224 e. The van der Waals surface area contributed by atoms with Crippen LogP contribution in [0.1, 0.15) is 31.0 Å². The molecule has 5 rings (SSSR count). The van der Waals surface area contributed by atoms with Crippen molar-refractivity contribution in [2.24, 2.45) is 0 Å². The van der Waals surface area contributed by atoms with E-state index in [-0.39, 0.29) is 0 Å². The van der Waals surface area contributed by atoms with Crippen LogP contribution in [0.4, 0.5) is 17.6 Å². The molecule has 2 saturated heterocycles. The zero-order valence-corrected chi connectivity index (χ0v) is 15.4. The van der Waals surface area contributed by atoms with Crippen molar-refractivity contribution < 1.29 is 4.74 Å². The van der Waals surface area contributed by atoms with Crippen LogP contribution in [0.2, 0.25) is 0 Å². The van der Waals surface area contributed by atoms with Crippen LogP contribution >= 0.6 is 0 Å². The van der Waals surface area contributed by atoms with Crippen molar-refractivity contribution in [3.8, 4) is 0 Å². The second kappa shape index (κ2) is 7.26. The van der Waals surface area contributed by atoms with Gasteiger partial charge in [0.25, 0.3) is 0 Å². The summed E-state index contributed by atoms with van der Waals surface area (Å²) in [6.45, 7) is 5.17. The lowest BCUT2D eigenvalue weighted by Crippen LogP contribution is -2.37. The van der Waals surface area contributed by atoms with Crippen LogP contribution in [0, 0.1) is 0 Å². The molecule has 1 unspecified atom stereocenters. The Morgan fingerprint density at radius 2 is 1.67 bits per heavy atom. The summed E-state index contributed by atoms with van der Waals surface area (Å²) < 4.78 is 5.42. The largest absolute Gasteiger partial charge is 0.378 e. The van der Waals surface area contributed by atoms with E-state index in [9.17, 15) is 0 Å². The van der Waals surface area contributed by atoms with Crippen LogP contribution < -0.4 is 15.1 Å². The van der Waals surface area contributed by atoms with Gasteiger partial charge in [-0.25, -0.2) is 15.0 Å². The van der Waals surface area contributed by atoms with Gasteiger partial charge in [0, 0.05) is 50.5 Å². The molecule has 27 heavy (non-hydrogen) atoms. The summed E-state index contributed by atoms with van der Waals surface area (Å²) in [5, 5.41) is 3.50. The highest BCUT2D eigenvalue weighted by Gasteiger charge is 2.29. The highest BCUT2D eigenvalue weighted by Crippen LogP contribution is 2.38. The van der Waals surface area contributed by atoms with Crippen molar-refractivity contribution in [3.63, 3.8) is 0 Å². The molecule has 142 valence electrons. The minimum Gasteiger partial charge on any atom is -0.378 e. The van der Waals surface area contributed by atoms with Gasteiger partial charge < -0.3 is 19.9 Å². The first-order chi connectivity index (χ1) is 13.3. The molecular formula is C19H25N7O. The molecule has 0 aromatic carbocycles. The lowest BCUT2D eigenvalue weighted by atomic mass is 10.3. The molecule has 1 N–H and O–H groups in total. The zero-order valence-electron chi connectivity index (χ0n) is 15.4. The summed E-state index contributed by atoms with van der Waals surface area (Å²) >= 11 is 0. The fourth-order valence-electron chi connectivity index (χ4n) is 3.73. The molecule has 2 aromatic heterocycles. The van der Waals surface area contributed by atoms with Crippen LogP contribution in [0.15, 0.2) is 24.5 Å². The number of nitrogens with one attached hydrogen (secondary N) is 1. The minimum atomic E-state index is 0.323. The summed E-state index contributed by atoms with van der Waals surface area (Å²) in [4.78, 5) is 22.9. The van der Waals surface area contributed by atoms with Crippen molar-refractivity contribution in [1.82, 2.24) is 19.9 Å². The topological polar surface area (TPSA) is 79.3 Å². The quantitative estimate of drug-likeness (QED) is 0.855. The maximum absolute atomic E-state index is 5.42. The summed E-state index contributed by atoms with van der Waals surface area (Å²) in [5.74, 6) is 4.30. The number of hydrogen-bond donors (Lipinski definition) is 1. The Balaban J connectivity index is 1.23. The van der Waals surface area contributed by atoms with Crippen LogP contribution in [0.25, 0.3) is 0 Å². The molecular weight excluding hydrogens is 342 g/mol. The van der Waals surface area contributed by atoms with E-state index in [2.05, 4.69) is 25.1 Å². The summed E-state index contributed by atoms with van der Waals surface area (Å²) in [6, 6.07) is 4.31. The number of nitrogens with zero attached hydrogens (tertiary/aromatic N) is 6. The van der Waals surface area contributed by atoms with Gasteiger partial charge in [-0.2, -0.15) is 4.98 Å². The molecule has 3 aliphatic rings. The fraction of sp³-hybridized carbons (Fsp3) is 0.579. The first kappa shape index (κ1) is 16.7. The molecule has 1 atom stereocenters. The smallest absolute Gasteiger partial charge is 0.224 e. The van der Waals surface area contributed by atoms with Crippen molar-refractivity contribution in [1.29, 1.82) is 0 Å². The minimum absolute atomic E-state index is 0.323. The number of anilines is 3. The van der Waals surface area contributed by atoms with E-state index < -0.39 is 0 Å². The highest BCUT2D eigenvalue weighted by molar-refractivity contribution is 5.45. The molecule has 2 aliphatic heterocycles. The van der Waals surface area contributed by atoms with Gasteiger partial charge >= 0.3 is 0 Å². The number of hydrogen-bond acceptors (Lipinski definition) is 8. The van der Waals surface area contributed by atoms with Gasteiger partial charge in [-0.05, 0) is 31.4 Å². The molecule has 1 saturated carbocycles. The van der Waals surface area contributed by atoms with E-state index in [1.807, 2.05) is 24.5 Å². The first-order valence-corrected chi connectivity index (χ1v) is 9.85. The predicted octanol–water partition coefficient (Wildman–Crippen LogP) is 1.67. The van der Waals surface area contributed by atoms with Gasteiger partial charge in [0.05, 0.1) is 13.2 Å². The van der Waals surface area contributed by atoms with Gasteiger partial charge in [-0.15, -0.1) is 0 Å². The molecule has 1 aliphatic carbocycles. The Morgan fingerprint density at radius 1 is 0.889 bits per heavy atom. The average molecular weight is 367 g/mol. The standard InChI is InChI=1S/C19H25N7O/c1-2-14(1)18-20-6-3-16(23-18)26-8-5-15(13-26)22-19-21-7-4-17(24-19)25-9-11-27-12-10-25/h3-4,6-7,14-15H,1-2,5,8-13H2,(H,21,22,24). The van der Waals surface area contributed by atoms with Crippen LogP contribution in [0.5, 0.6) is 0 Å². The Morgan fingerprint density at radius 3 is 2.48 bits per heavy atom. The van der Waals surface area contributed by atoms with Gasteiger partial charge in [-0.3, -0.25) is 0 Å². The van der Waals surface area contributed by atoms with E-state index >= 15 is 0 Å². The van der Waals surface area contributed by atoms with Crippen molar-refractivity contribution in [2.75, 3.05) is 54.5 Å². The Hall–Kier alpha value is -2.48. The van der Waals surface area contributed by atoms with Crippen LogP contribution in [-0.4, -0.2) is 65.4 Å². The van der Waals surface area contributed by atoms with Gasteiger partial charge in [0.2, 0.25) is 5.95 Å². The van der Waals surface area contributed by atoms with Crippen molar-refractivity contribution in [3.05, 3.63) is 30.4 Å². The SMILES string of the molecule is c1cc(N2CCOCC2)nc(NC2CCN(c3ccnc(C4CC4)n3)C2)n1. The van der Waals surface area contributed by atoms with Crippen molar-refractivity contribution in [2.45, 2.75) is 31.2 Å². The molecule has 4 heterocycles. The molecule has 8 nitrogen and oxygen atoms in total. The van der Waals surface area contributed by atoms with E-state index in [4.69, 9.17) is 14.7 Å². The maximum atomic E-state index is 5.42. The zero-order chi connectivity index (χ0) is 18.1. The Labute approximate surface area is 159 Å². The third-order valence-electron chi connectivity index (χ3n) is 5.42. The average Bonchev–Trinajstić information content (AvgIpc) is 3.48. The molecule has 8 heteroatoms. The normalized spacial score (nSPS) is 22.9. The number of morpholine rings is 1. The number of aromatic nitrogens is 4. The van der Waals surface area contributed by atoms with Crippen LogP contribution in [0.3, 0.4) is 0 Å². The highest BCUT2D eigenvalue weighted by atomic mass is 16.5. The summed E-state index contributed by atoms with van der Waals surface area (Å²) in [6.07, 6.45) is 7.23. The van der Waals surface area contributed by atoms with Gasteiger partial charge in [0.15, 0.2) is 0 Å². The third-order valence-corrected chi connectivity index (χ3v) is 5.42. The lowest BCUT2D eigenvalue weighted by Gasteiger charge is -2.28. The first-order valence-electron chi connectivity index (χ1n) is 9.85. The molecule has 0 spiro atoms. The molecule has 2 aromatic rings. The number of rotatable bonds is 5. The Bertz CT molecular complexity index is 791. The van der Waals surface area contributed by atoms with Gasteiger partial charge in [-0.1, -0.05) is 0 Å². The lowest BCUT2D eigenvalue weighted by molar-refractivity contribution is 0.122. The van der Waals surface area contributed by atoms with E-state index in [0.717, 1.165) is 63.3 Å². The number of ether oxygens (including phenoxy) is 1. The second-order valence-electron chi connectivity index (χ2n) is 7.46. The molecule has 0 amide bonds. The van der Waals surface area contributed by atoms with E-state index in [1.165, 1.54) is 12.8 Å². The predicted molar refractivity (Wildman–Crippen MR) is 103 cm³/mol. The molecule has 0 bridgehead atoms. The fourth-order valence-corrected chi connectivity index (χ4v) is 3.73. The summed E-state index contributed by atoms with van der Waals surface area (Å²) in [7, 11) is 0. The van der Waals surface area contributed by atoms with Crippen LogP contribution in [-0.2, 0) is 4.74 Å². The monoisotopic (exact) mass is 367 g/mol.